The molecular formula is C22H55N5O10S2. The summed E-state index contributed by atoms with van der Waals surface area (Å²) in [5.41, 5.74) is 0. The molecule has 1 fully saturated rings. The van der Waals surface area contributed by atoms with E-state index in [4.69, 9.17) is 13.0 Å². The number of cyclic esters (lactones) is 1. The van der Waals surface area contributed by atoms with Crippen molar-refractivity contribution < 1.29 is 54.9 Å². The minimum atomic E-state index is -4.77. The Morgan fingerprint density at radius 2 is 1.13 bits per heavy atom. The van der Waals surface area contributed by atoms with Gasteiger partial charge in [-0.05, 0) is 55.0 Å². The Labute approximate surface area is 237 Å². The van der Waals surface area contributed by atoms with E-state index in [0.29, 0.717) is 5.88 Å². The van der Waals surface area contributed by atoms with Crippen molar-refractivity contribution in [3.8, 4) is 0 Å². The van der Waals surface area contributed by atoms with E-state index in [1.165, 1.54) is 39.3 Å². The third-order valence-corrected chi connectivity index (χ3v) is 4.58. The highest BCUT2D eigenvalue weighted by molar-refractivity contribution is 7.84. The Kier molecular flexibility index (Phi) is 41.4. The summed E-state index contributed by atoms with van der Waals surface area (Å²) in [4.78, 5) is 33.6. The molecule has 0 aliphatic carbocycles. The predicted octanol–water partition coefficient (Wildman–Crippen LogP) is -1.09. The molecule has 39 heavy (non-hydrogen) atoms. The van der Waals surface area contributed by atoms with Gasteiger partial charge >= 0.3 is 6.09 Å². The van der Waals surface area contributed by atoms with Crippen molar-refractivity contribution in [2.45, 2.75) is 77.2 Å². The van der Waals surface area contributed by atoms with Crippen LogP contribution < -0.4 is 25.0 Å². The predicted molar refractivity (Wildman–Crippen MR) is 151 cm³/mol. The van der Waals surface area contributed by atoms with Gasteiger partial charge in [0.05, 0.1) is 45.7 Å². The van der Waals surface area contributed by atoms with Gasteiger partial charge in [0.15, 0.2) is 20.6 Å². The van der Waals surface area contributed by atoms with Crippen LogP contribution in [0.5, 0.6) is 0 Å². The van der Waals surface area contributed by atoms with Gasteiger partial charge in [-0.25, -0.2) is 26.8 Å². The van der Waals surface area contributed by atoms with Crippen LogP contribution in [0.3, 0.4) is 0 Å². The van der Waals surface area contributed by atoms with E-state index >= 15 is 0 Å². The SMILES string of the molecule is C.C.C.C=C1NC(=O)O1.CC(=O)CC(=O)NS(=O)(=O)[O-].CC[NH+](CC)CC.CC[NH+](CC)CC.NS(=O)(=O)[O-]. The van der Waals surface area contributed by atoms with Crippen LogP contribution >= 0.6 is 0 Å². The number of Topliss-reactive ketones (excluding diaryl/α,β-unsaturated/α-hetero) is 1. The largest absolute Gasteiger partial charge is 0.736 e. The number of nitrogens with two attached hydrogens (primary N) is 1. The molecule has 0 spiro atoms. The van der Waals surface area contributed by atoms with Crippen molar-refractivity contribution in [1.29, 1.82) is 0 Å². The fourth-order valence-electron chi connectivity index (χ4n) is 2.13. The topological polar surface area (TPSA) is 234 Å². The van der Waals surface area contributed by atoms with Crippen molar-refractivity contribution in [3.05, 3.63) is 12.5 Å². The van der Waals surface area contributed by atoms with Gasteiger partial charge in [-0.1, -0.05) is 22.3 Å². The first-order chi connectivity index (χ1) is 16.3. The van der Waals surface area contributed by atoms with Gasteiger partial charge in [0, 0.05) is 0 Å². The number of quaternary nitrogens is 2. The molecule has 6 N–H and O–H groups in total. The first-order valence-corrected chi connectivity index (χ1v) is 14.0. The zero-order valence-electron chi connectivity index (χ0n) is 22.1. The molecule has 17 heteroatoms. The molecule has 0 saturated carbocycles. The standard InChI is InChI=1S/2C6H15N.C4H7NO5S.C3H3NO2.3CH4.H3NO3S/c2*1-4-7(5-2)6-3;1-3(6)2-4(7)5-11(8,9)10;1-2-4-3(5)6-2;;;;1-5(2,3)4/h2*4-6H2,1-3H3;2H2,1H3,(H,5,7)(H,8,9,10);1H2,(H,4,5);3*1H4;(H3,1,2,3,4). The summed E-state index contributed by atoms with van der Waals surface area (Å²) in [7, 11) is -9.19. The number of nitrogens with one attached hydrogen (secondary N) is 4. The number of ketones is 1. The number of carbonyl (C=O) groups excluding carboxylic acids is 3. The summed E-state index contributed by atoms with van der Waals surface area (Å²) in [6, 6.07) is 0. The van der Waals surface area contributed by atoms with Crippen LogP contribution in [0.25, 0.3) is 0 Å². The Bertz CT molecular complexity index is 790. The molecule has 0 aromatic rings. The van der Waals surface area contributed by atoms with E-state index in [1.54, 1.807) is 9.80 Å². The molecule has 0 unspecified atom stereocenters. The lowest BCUT2D eigenvalue weighted by atomic mass is 10.3. The first-order valence-electron chi connectivity index (χ1n) is 11.1. The number of carbonyl (C=O) groups is 3. The second-order valence-corrected chi connectivity index (χ2v) is 9.01. The molecule has 15 nitrogen and oxygen atoms in total. The van der Waals surface area contributed by atoms with Crippen LogP contribution in [0, 0.1) is 0 Å². The Balaban J connectivity index is -0.0000000660. The lowest BCUT2D eigenvalue weighted by molar-refractivity contribution is -0.894. The third-order valence-electron chi connectivity index (χ3n) is 4.11. The molecule has 1 heterocycles. The molecule has 0 radical (unpaired) electrons. The van der Waals surface area contributed by atoms with Gasteiger partial charge in [-0.2, -0.15) is 0 Å². The highest BCUT2D eigenvalue weighted by Crippen LogP contribution is 1.98. The molecule has 1 rings (SSSR count). The number of hydrogen-bond donors (Lipinski definition) is 5. The third kappa shape index (κ3) is 57.0. The maximum absolute atomic E-state index is 10.4. The maximum atomic E-state index is 10.4. The second-order valence-electron chi connectivity index (χ2n) is 6.91. The van der Waals surface area contributed by atoms with Crippen LogP contribution in [0.2, 0.25) is 0 Å². The van der Waals surface area contributed by atoms with Crippen molar-refractivity contribution >= 4 is 38.4 Å². The van der Waals surface area contributed by atoms with Crippen molar-refractivity contribution in [2.75, 3.05) is 39.3 Å². The summed E-state index contributed by atoms with van der Waals surface area (Å²) in [6.07, 6.45) is -1.01. The Morgan fingerprint density at radius 1 is 0.872 bits per heavy atom. The van der Waals surface area contributed by atoms with Gasteiger partial charge in [0.2, 0.25) is 11.8 Å². The van der Waals surface area contributed by atoms with Gasteiger partial charge in [0.1, 0.15) is 5.78 Å². The summed E-state index contributed by atoms with van der Waals surface area (Å²) in [6.45, 7) is 25.3. The highest BCUT2D eigenvalue weighted by atomic mass is 32.2. The summed E-state index contributed by atoms with van der Waals surface area (Å²) in [5.74, 6) is -1.28. The number of rotatable bonds is 9. The van der Waals surface area contributed by atoms with Crippen molar-refractivity contribution in [3.63, 3.8) is 0 Å². The summed E-state index contributed by atoms with van der Waals surface area (Å²) in [5, 5.41) is 6.02. The van der Waals surface area contributed by atoms with E-state index in [0.717, 1.165) is 11.6 Å². The first kappa shape index (κ1) is 53.2. The normalized spacial score (nSPS) is 11.0. The van der Waals surface area contributed by atoms with E-state index in [2.05, 4.69) is 63.3 Å². The monoisotopic (exact) mass is 613 g/mol. The average molecular weight is 614 g/mol. The molecule has 0 aromatic carbocycles. The highest BCUT2D eigenvalue weighted by Gasteiger charge is 2.15. The fraction of sp³-hybridized carbons (Fsp3) is 0.773. The van der Waals surface area contributed by atoms with Gasteiger partial charge in [0.25, 0.3) is 0 Å². The zero-order valence-corrected chi connectivity index (χ0v) is 23.8. The van der Waals surface area contributed by atoms with E-state index in [1.807, 2.05) is 0 Å². The molecule has 1 aliphatic heterocycles. The number of amides is 2. The Hall–Kier alpha value is -2.15. The summed E-state index contributed by atoms with van der Waals surface area (Å²) >= 11 is 0. The van der Waals surface area contributed by atoms with Gasteiger partial charge < -0.3 is 23.6 Å². The smallest absolute Gasteiger partial charge is 0.420 e. The van der Waals surface area contributed by atoms with Crippen LogP contribution in [0.4, 0.5) is 4.79 Å². The van der Waals surface area contributed by atoms with E-state index in [-0.39, 0.29) is 22.3 Å². The molecule has 0 bridgehead atoms. The fourth-order valence-corrected chi connectivity index (χ4v) is 2.48. The summed E-state index contributed by atoms with van der Waals surface area (Å²) < 4.78 is 61.3. The van der Waals surface area contributed by atoms with E-state index in [9.17, 15) is 27.4 Å². The van der Waals surface area contributed by atoms with Crippen molar-refractivity contribution in [1.82, 2.24) is 10.0 Å². The molecule has 240 valence electrons. The maximum Gasteiger partial charge on any atom is 0.420 e. The van der Waals surface area contributed by atoms with E-state index < -0.39 is 44.8 Å². The Morgan fingerprint density at radius 3 is 1.21 bits per heavy atom. The van der Waals surface area contributed by atoms with Crippen molar-refractivity contribution in [2.24, 2.45) is 5.14 Å². The van der Waals surface area contributed by atoms with Gasteiger partial charge in [-0.3, -0.25) is 19.6 Å². The lowest BCUT2D eigenvalue weighted by Gasteiger charge is -2.14. The van der Waals surface area contributed by atoms with Crippen LogP contribution in [-0.2, 0) is 34.9 Å². The second kappa shape index (κ2) is 30.4. The minimum absolute atomic E-state index is 0. The molecule has 2 amide bonds. The molecule has 0 atom stereocenters. The quantitative estimate of drug-likeness (QED) is 0.156. The van der Waals surface area contributed by atoms with Gasteiger partial charge in [-0.15, -0.1) is 0 Å². The zero-order chi connectivity index (χ0) is 29.5. The minimum Gasteiger partial charge on any atom is -0.736 e. The van der Waals surface area contributed by atoms with Crippen LogP contribution in [0.1, 0.15) is 77.2 Å². The van der Waals surface area contributed by atoms with Crippen LogP contribution in [-0.4, -0.2) is 83.0 Å². The number of hydrogen-bond acceptors (Lipinski definition) is 10. The molecule has 1 saturated heterocycles. The molecule has 1 aliphatic rings. The average Bonchev–Trinajstić information content (AvgIpc) is 2.68. The van der Waals surface area contributed by atoms with Crippen LogP contribution in [0.15, 0.2) is 12.5 Å². The molecular weight excluding hydrogens is 558 g/mol. The lowest BCUT2D eigenvalue weighted by Crippen LogP contribution is -3.11. The number of ether oxygens (including phenoxy) is 1. The molecule has 0 aromatic heterocycles.